The predicted molar refractivity (Wildman–Crippen MR) is 40.0 cm³/mol. The second-order valence-electron chi connectivity index (χ2n) is 3.10. The molecule has 66 valence electrons. The molecule has 0 aliphatic carbocycles. The van der Waals surface area contributed by atoms with E-state index in [9.17, 15) is 10.2 Å². The standard InChI is InChI=1S/C7H15NO3/c1-3-5(8)7(10)6(9)4(2)11-3/h3-7,9-10H,8H2,1-2H3. The molecule has 1 aliphatic heterocycles. The maximum Gasteiger partial charge on any atom is 0.107 e. The molecule has 4 heteroatoms. The third kappa shape index (κ3) is 1.54. The zero-order chi connectivity index (χ0) is 8.59. The fourth-order valence-corrected chi connectivity index (χ4v) is 1.29. The molecule has 0 aromatic carbocycles. The smallest absolute Gasteiger partial charge is 0.107 e. The third-order valence-electron chi connectivity index (χ3n) is 2.20. The Morgan fingerprint density at radius 3 is 2.18 bits per heavy atom. The molecule has 0 spiro atoms. The van der Waals surface area contributed by atoms with Crippen molar-refractivity contribution in [3.63, 3.8) is 0 Å². The topological polar surface area (TPSA) is 75.7 Å². The molecule has 1 rings (SSSR count). The normalized spacial score (nSPS) is 52.6. The highest BCUT2D eigenvalue weighted by Crippen LogP contribution is 2.18. The monoisotopic (exact) mass is 161 g/mol. The molecular formula is C7H15NO3. The van der Waals surface area contributed by atoms with Crippen LogP contribution in [0.1, 0.15) is 13.8 Å². The number of ether oxygens (including phenoxy) is 1. The van der Waals surface area contributed by atoms with Crippen molar-refractivity contribution in [3.8, 4) is 0 Å². The average molecular weight is 161 g/mol. The lowest BCUT2D eigenvalue weighted by molar-refractivity contribution is -0.166. The molecule has 0 aromatic heterocycles. The summed E-state index contributed by atoms with van der Waals surface area (Å²) in [5.41, 5.74) is 5.54. The molecule has 4 N–H and O–H groups in total. The lowest BCUT2D eigenvalue weighted by atomic mass is 9.95. The summed E-state index contributed by atoms with van der Waals surface area (Å²) >= 11 is 0. The van der Waals surface area contributed by atoms with E-state index >= 15 is 0 Å². The summed E-state index contributed by atoms with van der Waals surface area (Å²) in [4.78, 5) is 0. The summed E-state index contributed by atoms with van der Waals surface area (Å²) in [6, 6.07) is -0.485. The molecule has 1 heterocycles. The van der Waals surface area contributed by atoms with E-state index < -0.39 is 18.2 Å². The fourth-order valence-electron chi connectivity index (χ4n) is 1.29. The van der Waals surface area contributed by atoms with Crippen LogP contribution in [0, 0.1) is 0 Å². The Labute approximate surface area is 66.0 Å². The molecule has 1 saturated heterocycles. The molecule has 0 amide bonds. The molecule has 5 unspecified atom stereocenters. The quantitative estimate of drug-likeness (QED) is 0.419. The van der Waals surface area contributed by atoms with E-state index in [1.165, 1.54) is 0 Å². The van der Waals surface area contributed by atoms with Crippen LogP contribution in [0.5, 0.6) is 0 Å². The van der Waals surface area contributed by atoms with Crippen LogP contribution in [0.2, 0.25) is 0 Å². The first-order valence-corrected chi connectivity index (χ1v) is 3.81. The number of aliphatic hydroxyl groups is 2. The number of nitrogens with two attached hydrogens (primary N) is 1. The zero-order valence-corrected chi connectivity index (χ0v) is 6.77. The van der Waals surface area contributed by atoms with E-state index in [0.717, 1.165) is 0 Å². The van der Waals surface area contributed by atoms with Crippen LogP contribution in [0.4, 0.5) is 0 Å². The van der Waals surface area contributed by atoms with E-state index in [-0.39, 0.29) is 12.2 Å². The molecule has 0 bridgehead atoms. The van der Waals surface area contributed by atoms with Gasteiger partial charge in [0.1, 0.15) is 6.10 Å². The molecular weight excluding hydrogens is 146 g/mol. The lowest BCUT2D eigenvalue weighted by Gasteiger charge is -2.38. The second kappa shape index (κ2) is 3.06. The van der Waals surface area contributed by atoms with Gasteiger partial charge in [-0.1, -0.05) is 0 Å². The SMILES string of the molecule is CC1OC(C)C(O)C(O)C1N. The van der Waals surface area contributed by atoms with Gasteiger partial charge in [-0.05, 0) is 13.8 Å². The van der Waals surface area contributed by atoms with Crippen molar-refractivity contribution in [2.24, 2.45) is 5.73 Å². The molecule has 0 saturated carbocycles. The van der Waals surface area contributed by atoms with Crippen molar-refractivity contribution in [3.05, 3.63) is 0 Å². The minimum Gasteiger partial charge on any atom is -0.389 e. The number of hydrogen-bond donors (Lipinski definition) is 3. The Bertz CT molecular complexity index is 128. The van der Waals surface area contributed by atoms with E-state index in [0.29, 0.717) is 0 Å². The van der Waals surface area contributed by atoms with Gasteiger partial charge in [0.2, 0.25) is 0 Å². The highest BCUT2D eigenvalue weighted by Gasteiger charge is 2.38. The van der Waals surface area contributed by atoms with Crippen LogP contribution < -0.4 is 5.73 Å². The molecule has 5 atom stereocenters. The van der Waals surface area contributed by atoms with Gasteiger partial charge in [0.25, 0.3) is 0 Å². The first-order chi connectivity index (χ1) is 5.04. The summed E-state index contributed by atoms with van der Waals surface area (Å²) in [7, 11) is 0. The predicted octanol–water partition coefficient (Wildman–Crippen LogP) is -1.16. The van der Waals surface area contributed by atoms with Gasteiger partial charge in [-0.15, -0.1) is 0 Å². The number of rotatable bonds is 0. The van der Waals surface area contributed by atoms with Gasteiger partial charge >= 0.3 is 0 Å². The van der Waals surface area contributed by atoms with E-state index in [2.05, 4.69) is 0 Å². The van der Waals surface area contributed by atoms with Gasteiger partial charge in [-0.2, -0.15) is 0 Å². The first-order valence-electron chi connectivity index (χ1n) is 3.81. The van der Waals surface area contributed by atoms with Crippen molar-refractivity contribution >= 4 is 0 Å². The van der Waals surface area contributed by atoms with Crippen molar-refractivity contribution < 1.29 is 14.9 Å². The maximum absolute atomic E-state index is 9.33. The van der Waals surface area contributed by atoms with Crippen molar-refractivity contribution in [2.75, 3.05) is 0 Å². The molecule has 0 radical (unpaired) electrons. The van der Waals surface area contributed by atoms with Crippen molar-refractivity contribution in [1.29, 1.82) is 0 Å². The second-order valence-corrected chi connectivity index (χ2v) is 3.10. The van der Waals surface area contributed by atoms with E-state index in [1.54, 1.807) is 13.8 Å². The summed E-state index contributed by atoms with van der Waals surface area (Å²) < 4.78 is 5.25. The Hall–Kier alpha value is -0.160. The lowest BCUT2D eigenvalue weighted by Crippen LogP contribution is -2.59. The van der Waals surface area contributed by atoms with Crippen LogP contribution in [0.25, 0.3) is 0 Å². The molecule has 1 fully saturated rings. The van der Waals surface area contributed by atoms with Gasteiger partial charge in [0.05, 0.1) is 24.4 Å². The van der Waals surface area contributed by atoms with Crippen LogP contribution in [0.3, 0.4) is 0 Å². The third-order valence-corrected chi connectivity index (χ3v) is 2.20. The number of hydrogen-bond acceptors (Lipinski definition) is 4. The molecule has 11 heavy (non-hydrogen) atoms. The molecule has 0 aromatic rings. The zero-order valence-electron chi connectivity index (χ0n) is 6.77. The molecule has 4 nitrogen and oxygen atoms in total. The highest BCUT2D eigenvalue weighted by molar-refractivity contribution is 4.91. The molecule has 1 aliphatic rings. The van der Waals surface area contributed by atoms with Crippen LogP contribution in [-0.2, 0) is 4.74 Å². The van der Waals surface area contributed by atoms with Crippen LogP contribution >= 0.6 is 0 Å². The minimum atomic E-state index is -0.867. The Morgan fingerprint density at radius 1 is 1.09 bits per heavy atom. The van der Waals surface area contributed by atoms with Crippen LogP contribution in [0.15, 0.2) is 0 Å². The Morgan fingerprint density at radius 2 is 1.64 bits per heavy atom. The summed E-state index contributed by atoms with van der Waals surface area (Å²) in [6.07, 6.45) is -2.25. The van der Waals surface area contributed by atoms with Gasteiger partial charge in [0, 0.05) is 0 Å². The first kappa shape index (κ1) is 8.93. The summed E-state index contributed by atoms with van der Waals surface area (Å²) in [5, 5.41) is 18.6. The fraction of sp³-hybridized carbons (Fsp3) is 1.00. The largest absolute Gasteiger partial charge is 0.389 e. The van der Waals surface area contributed by atoms with Crippen molar-refractivity contribution in [1.82, 2.24) is 0 Å². The average Bonchev–Trinajstić information content (AvgIpc) is 1.97. The summed E-state index contributed by atoms with van der Waals surface area (Å²) in [6.45, 7) is 3.51. The Balaban J connectivity index is 2.63. The minimum absolute atomic E-state index is 0.191. The van der Waals surface area contributed by atoms with E-state index in [4.69, 9.17) is 10.5 Å². The Kier molecular flexibility index (Phi) is 2.49. The van der Waals surface area contributed by atoms with E-state index in [1.807, 2.05) is 0 Å². The van der Waals surface area contributed by atoms with Gasteiger partial charge < -0.3 is 20.7 Å². The highest BCUT2D eigenvalue weighted by atomic mass is 16.5. The van der Waals surface area contributed by atoms with Gasteiger partial charge in [0.15, 0.2) is 0 Å². The summed E-state index contributed by atoms with van der Waals surface area (Å²) in [5.74, 6) is 0. The number of aliphatic hydroxyl groups excluding tert-OH is 2. The van der Waals surface area contributed by atoms with Crippen LogP contribution in [-0.4, -0.2) is 40.7 Å². The maximum atomic E-state index is 9.33. The van der Waals surface area contributed by atoms with Crippen molar-refractivity contribution in [2.45, 2.75) is 44.3 Å². The van der Waals surface area contributed by atoms with Gasteiger partial charge in [-0.3, -0.25) is 0 Å². The van der Waals surface area contributed by atoms with Gasteiger partial charge in [-0.25, -0.2) is 0 Å².